The Labute approximate surface area is 139 Å². The van der Waals surface area contributed by atoms with Crippen LogP contribution in [-0.4, -0.2) is 13.1 Å². The molecule has 0 saturated heterocycles. The zero-order valence-electron chi connectivity index (χ0n) is 15.0. The van der Waals surface area contributed by atoms with Crippen LogP contribution in [-0.2, 0) is 0 Å². The molecule has 4 N–H and O–H groups in total. The molecule has 22 heavy (non-hydrogen) atoms. The summed E-state index contributed by atoms with van der Waals surface area (Å²) in [6, 6.07) is 0. The second-order valence-corrected chi connectivity index (χ2v) is 7.58. The maximum absolute atomic E-state index is 5.73. The van der Waals surface area contributed by atoms with Crippen molar-refractivity contribution in [3.63, 3.8) is 0 Å². The molecule has 1 saturated carbocycles. The van der Waals surface area contributed by atoms with Crippen LogP contribution >= 0.6 is 0 Å². The summed E-state index contributed by atoms with van der Waals surface area (Å²) in [6.45, 7) is 1.74. The van der Waals surface area contributed by atoms with E-state index in [4.69, 9.17) is 11.5 Å². The molecule has 0 aromatic rings. The molecule has 1 fully saturated rings. The Kier molecular flexibility index (Phi) is 13.2. The Hall–Kier alpha value is -0.0800. The molecule has 0 bridgehead atoms. The van der Waals surface area contributed by atoms with Crippen molar-refractivity contribution in [2.24, 2.45) is 23.3 Å². The Morgan fingerprint density at radius 3 is 1.45 bits per heavy atom. The number of hydrogen-bond donors (Lipinski definition) is 2. The number of rotatable bonds is 7. The van der Waals surface area contributed by atoms with Gasteiger partial charge in [-0.3, -0.25) is 0 Å². The van der Waals surface area contributed by atoms with E-state index in [9.17, 15) is 0 Å². The van der Waals surface area contributed by atoms with Crippen molar-refractivity contribution in [2.75, 3.05) is 13.1 Å². The highest BCUT2D eigenvalue weighted by Gasteiger charge is 2.14. The van der Waals surface area contributed by atoms with Crippen molar-refractivity contribution in [1.29, 1.82) is 0 Å². The molecule has 1 aliphatic rings. The van der Waals surface area contributed by atoms with Crippen LogP contribution in [0.1, 0.15) is 103 Å². The van der Waals surface area contributed by atoms with Gasteiger partial charge in [-0.1, -0.05) is 83.5 Å². The van der Waals surface area contributed by atoms with Gasteiger partial charge < -0.3 is 11.5 Å². The summed E-state index contributed by atoms with van der Waals surface area (Å²) in [5, 5.41) is 0. The first-order valence-electron chi connectivity index (χ1n) is 10.3. The van der Waals surface area contributed by atoms with Crippen LogP contribution in [0, 0.1) is 11.8 Å². The normalized spacial score (nSPS) is 25.9. The van der Waals surface area contributed by atoms with Crippen LogP contribution in [0.2, 0.25) is 0 Å². The van der Waals surface area contributed by atoms with Crippen LogP contribution in [0.5, 0.6) is 0 Å². The molecule has 0 aliphatic heterocycles. The fraction of sp³-hybridized carbons (Fsp3) is 1.00. The van der Waals surface area contributed by atoms with Crippen molar-refractivity contribution >= 4 is 0 Å². The van der Waals surface area contributed by atoms with Gasteiger partial charge in [-0.05, 0) is 44.2 Å². The predicted octanol–water partition coefficient (Wildman–Crippen LogP) is 5.39. The van der Waals surface area contributed by atoms with Gasteiger partial charge in [0.05, 0.1) is 0 Å². The number of unbranched alkanes of at least 4 members (excludes halogenated alkanes) is 1. The second kappa shape index (κ2) is 14.5. The molecular weight excluding hydrogens is 268 g/mol. The smallest absolute Gasteiger partial charge is 0.00772 e. The molecule has 0 aromatic carbocycles. The van der Waals surface area contributed by atoms with E-state index in [0.29, 0.717) is 0 Å². The van der Waals surface area contributed by atoms with Gasteiger partial charge in [0.2, 0.25) is 0 Å². The van der Waals surface area contributed by atoms with Gasteiger partial charge >= 0.3 is 0 Å². The molecular formula is C20H42N2. The van der Waals surface area contributed by atoms with Crippen molar-refractivity contribution in [3.05, 3.63) is 0 Å². The summed E-state index contributed by atoms with van der Waals surface area (Å²) in [4.78, 5) is 0. The van der Waals surface area contributed by atoms with Gasteiger partial charge in [0.1, 0.15) is 0 Å². The summed E-state index contributed by atoms with van der Waals surface area (Å²) < 4.78 is 0. The van der Waals surface area contributed by atoms with Crippen molar-refractivity contribution < 1.29 is 0 Å². The molecule has 2 atom stereocenters. The first-order valence-corrected chi connectivity index (χ1v) is 10.3. The Morgan fingerprint density at radius 2 is 0.955 bits per heavy atom. The van der Waals surface area contributed by atoms with E-state index in [1.54, 1.807) is 0 Å². The monoisotopic (exact) mass is 310 g/mol. The van der Waals surface area contributed by atoms with Crippen LogP contribution in [0.4, 0.5) is 0 Å². The maximum Gasteiger partial charge on any atom is -0.00772 e. The van der Waals surface area contributed by atoms with Gasteiger partial charge in [0.15, 0.2) is 0 Å². The minimum Gasteiger partial charge on any atom is -0.330 e. The molecule has 0 aromatic heterocycles. The first kappa shape index (κ1) is 20.0. The van der Waals surface area contributed by atoms with Crippen LogP contribution < -0.4 is 11.5 Å². The first-order chi connectivity index (χ1) is 10.9. The topological polar surface area (TPSA) is 52.0 Å². The van der Waals surface area contributed by atoms with Crippen molar-refractivity contribution in [2.45, 2.75) is 103 Å². The molecule has 0 spiro atoms. The number of nitrogens with two attached hydrogens (primary N) is 2. The second-order valence-electron chi connectivity index (χ2n) is 7.58. The lowest BCUT2D eigenvalue weighted by Gasteiger charge is -2.21. The Balaban J connectivity index is 2.41. The van der Waals surface area contributed by atoms with E-state index in [0.717, 1.165) is 24.9 Å². The van der Waals surface area contributed by atoms with Gasteiger partial charge in [0.25, 0.3) is 0 Å². The van der Waals surface area contributed by atoms with E-state index in [2.05, 4.69) is 0 Å². The third kappa shape index (κ3) is 10.6. The minimum absolute atomic E-state index is 0.867. The van der Waals surface area contributed by atoms with Crippen LogP contribution in [0.25, 0.3) is 0 Å². The lowest BCUT2D eigenvalue weighted by Crippen LogP contribution is -2.10. The third-order valence-corrected chi connectivity index (χ3v) is 5.59. The average molecular weight is 311 g/mol. The van der Waals surface area contributed by atoms with Gasteiger partial charge in [-0.2, -0.15) is 0 Å². The van der Waals surface area contributed by atoms with E-state index < -0.39 is 0 Å². The summed E-state index contributed by atoms with van der Waals surface area (Å²) in [5.41, 5.74) is 11.4. The van der Waals surface area contributed by atoms with Crippen molar-refractivity contribution in [3.8, 4) is 0 Å². The lowest BCUT2D eigenvalue weighted by atomic mass is 9.85. The molecule has 0 heterocycles. The van der Waals surface area contributed by atoms with Crippen LogP contribution in [0.3, 0.4) is 0 Å². The van der Waals surface area contributed by atoms with E-state index in [1.807, 2.05) is 0 Å². The zero-order chi connectivity index (χ0) is 15.9. The highest BCUT2D eigenvalue weighted by molar-refractivity contribution is 4.67. The molecule has 1 rings (SSSR count). The predicted molar refractivity (Wildman–Crippen MR) is 99.0 cm³/mol. The Morgan fingerprint density at radius 1 is 0.500 bits per heavy atom. The fourth-order valence-electron chi connectivity index (χ4n) is 4.07. The summed E-state index contributed by atoms with van der Waals surface area (Å²) in [7, 11) is 0. The van der Waals surface area contributed by atoms with E-state index >= 15 is 0 Å². The van der Waals surface area contributed by atoms with Crippen LogP contribution in [0.15, 0.2) is 0 Å². The molecule has 1 aliphatic carbocycles. The van der Waals surface area contributed by atoms with Gasteiger partial charge in [0, 0.05) is 0 Å². The zero-order valence-corrected chi connectivity index (χ0v) is 15.0. The lowest BCUT2D eigenvalue weighted by molar-refractivity contribution is 0.317. The van der Waals surface area contributed by atoms with E-state index in [-0.39, 0.29) is 0 Å². The standard InChI is InChI=1S/C20H42N2/c21-17-9-8-13-19-11-6-4-2-1-3-5-7-12-20(16-15-19)14-10-18-22/h19-20H,1-18,21-22H2. The fourth-order valence-corrected chi connectivity index (χ4v) is 4.07. The average Bonchev–Trinajstić information content (AvgIpc) is 2.55. The highest BCUT2D eigenvalue weighted by Crippen LogP contribution is 2.29. The summed E-state index contributed by atoms with van der Waals surface area (Å²) >= 11 is 0. The van der Waals surface area contributed by atoms with E-state index in [1.165, 1.54) is 103 Å². The van der Waals surface area contributed by atoms with Crippen molar-refractivity contribution in [1.82, 2.24) is 0 Å². The van der Waals surface area contributed by atoms with Gasteiger partial charge in [-0.25, -0.2) is 0 Å². The largest absolute Gasteiger partial charge is 0.330 e. The third-order valence-electron chi connectivity index (χ3n) is 5.59. The molecule has 2 heteroatoms. The Bertz CT molecular complexity index is 230. The maximum atomic E-state index is 5.73. The summed E-state index contributed by atoms with van der Waals surface area (Å²) in [6.07, 6.45) is 22.6. The molecule has 0 amide bonds. The molecule has 132 valence electrons. The molecule has 2 nitrogen and oxygen atoms in total. The number of hydrogen-bond acceptors (Lipinski definition) is 2. The quantitative estimate of drug-likeness (QED) is 0.619. The summed E-state index contributed by atoms with van der Waals surface area (Å²) in [5.74, 6) is 1.91. The minimum atomic E-state index is 0.867. The van der Waals surface area contributed by atoms with Gasteiger partial charge in [-0.15, -0.1) is 0 Å². The molecule has 0 radical (unpaired) electrons. The SMILES string of the molecule is NCCCCC1CCCCCCCCCC(CCCN)CC1. The molecule has 2 unspecified atom stereocenters. The highest BCUT2D eigenvalue weighted by atomic mass is 14.5.